The summed E-state index contributed by atoms with van der Waals surface area (Å²) in [5.41, 5.74) is -0.404. The van der Waals surface area contributed by atoms with Crippen LogP contribution in [0, 0.1) is 15.9 Å². The second-order valence-electron chi connectivity index (χ2n) is 2.31. The van der Waals surface area contributed by atoms with Crippen molar-refractivity contribution in [1.29, 1.82) is 0 Å². The lowest BCUT2D eigenvalue weighted by atomic mass is 10.1. The van der Waals surface area contributed by atoms with Crippen molar-refractivity contribution in [3.05, 3.63) is 32.9 Å². The van der Waals surface area contributed by atoms with E-state index >= 15 is 0 Å². The van der Waals surface area contributed by atoms with Crippen molar-refractivity contribution in [2.24, 2.45) is 0 Å². The summed E-state index contributed by atoms with van der Waals surface area (Å²) >= 11 is 1.60. The van der Waals surface area contributed by atoms with Crippen molar-refractivity contribution in [2.45, 2.75) is 6.18 Å². The molecule has 0 unspecified atom stereocenters. The van der Waals surface area contributed by atoms with Gasteiger partial charge in [0.15, 0.2) is 0 Å². The maximum atomic E-state index is 12.3. The Balaban J connectivity index is 3.34. The fourth-order valence-corrected chi connectivity index (χ4v) is 1.68. The van der Waals surface area contributed by atoms with Gasteiger partial charge in [0.2, 0.25) is 0 Å². The van der Waals surface area contributed by atoms with E-state index in [1.807, 2.05) is 0 Å². The Bertz CT molecular complexity index is 360. The zero-order valence-corrected chi connectivity index (χ0v) is 8.48. The Morgan fingerprint density at radius 2 is 1.92 bits per heavy atom. The third kappa shape index (κ3) is 2.15. The first-order valence-electron chi connectivity index (χ1n) is 3.29. The molecule has 0 N–H and O–H groups in total. The molecule has 0 bridgehead atoms. The molecule has 68 valence electrons. The Kier molecular flexibility index (Phi) is 2.86. The molecule has 1 aromatic rings. The standard InChI is InChI=1S/C9H4F3I/c1-2-6-4-3-5-7(8(6)13)9(10,11)12/h1,3-5H. The van der Waals surface area contributed by atoms with Gasteiger partial charge < -0.3 is 0 Å². The highest BCUT2D eigenvalue weighted by Crippen LogP contribution is 2.33. The number of alkyl halides is 3. The van der Waals surface area contributed by atoms with Crippen LogP contribution in [-0.4, -0.2) is 0 Å². The molecule has 0 amide bonds. The van der Waals surface area contributed by atoms with Crippen molar-refractivity contribution >= 4 is 22.6 Å². The summed E-state index contributed by atoms with van der Waals surface area (Å²) in [6.07, 6.45) is 0.711. The second-order valence-corrected chi connectivity index (χ2v) is 3.39. The average molecular weight is 296 g/mol. The van der Waals surface area contributed by atoms with E-state index in [0.717, 1.165) is 6.07 Å². The lowest BCUT2D eigenvalue weighted by Crippen LogP contribution is -2.08. The predicted octanol–water partition coefficient (Wildman–Crippen LogP) is 3.29. The van der Waals surface area contributed by atoms with Gasteiger partial charge in [-0.3, -0.25) is 0 Å². The first-order valence-corrected chi connectivity index (χ1v) is 4.37. The smallest absolute Gasteiger partial charge is 0.166 e. The van der Waals surface area contributed by atoms with Gasteiger partial charge in [-0.2, -0.15) is 13.2 Å². The minimum atomic E-state index is -4.33. The third-order valence-corrected chi connectivity index (χ3v) is 2.62. The van der Waals surface area contributed by atoms with Crippen LogP contribution >= 0.6 is 22.6 Å². The average Bonchev–Trinajstić information content (AvgIpc) is 2.02. The molecular weight excluding hydrogens is 292 g/mol. The van der Waals surface area contributed by atoms with Gasteiger partial charge in [-0.05, 0) is 34.7 Å². The fraction of sp³-hybridized carbons (Fsp3) is 0.111. The first kappa shape index (κ1) is 10.4. The molecule has 13 heavy (non-hydrogen) atoms. The van der Waals surface area contributed by atoms with Crippen molar-refractivity contribution in [3.8, 4) is 12.3 Å². The highest BCUT2D eigenvalue weighted by Gasteiger charge is 2.33. The lowest BCUT2D eigenvalue weighted by Gasteiger charge is -2.09. The maximum absolute atomic E-state index is 12.3. The van der Waals surface area contributed by atoms with Crippen molar-refractivity contribution < 1.29 is 13.2 Å². The van der Waals surface area contributed by atoms with Crippen LogP contribution in [0.25, 0.3) is 0 Å². The molecule has 1 rings (SSSR count). The van der Waals surface area contributed by atoms with Gasteiger partial charge in [0.25, 0.3) is 0 Å². The third-order valence-electron chi connectivity index (χ3n) is 1.46. The van der Waals surface area contributed by atoms with Crippen LogP contribution in [0.1, 0.15) is 11.1 Å². The van der Waals surface area contributed by atoms with E-state index in [1.54, 1.807) is 22.6 Å². The number of hydrogen-bond donors (Lipinski definition) is 0. The zero-order valence-electron chi connectivity index (χ0n) is 6.32. The van der Waals surface area contributed by atoms with Crippen LogP contribution in [0.15, 0.2) is 18.2 Å². The van der Waals surface area contributed by atoms with Crippen molar-refractivity contribution in [3.63, 3.8) is 0 Å². The molecule has 0 heterocycles. The van der Waals surface area contributed by atoms with Gasteiger partial charge in [0, 0.05) is 9.13 Å². The van der Waals surface area contributed by atoms with Crippen molar-refractivity contribution in [2.75, 3.05) is 0 Å². The van der Waals surface area contributed by atoms with Crippen molar-refractivity contribution in [1.82, 2.24) is 0 Å². The SMILES string of the molecule is C#Cc1cccc(C(F)(F)F)c1I. The van der Waals surface area contributed by atoms with Gasteiger partial charge in [-0.15, -0.1) is 6.42 Å². The van der Waals surface area contributed by atoms with E-state index in [1.165, 1.54) is 12.1 Å². The highest BCUT2D eigenvalue weighted by molar-refractivity contribution is 14.1. The van der Waals surface area contributed by atoms with E-state index in [4.69, 9.17) is 6.42 Å². The van der Waals surface area contributed by atoms with Gasteiger partial charge >= 0.3 is 6.18 Å². The summed E-state index contributed by atoms with van der Waals surface area (Å²) < 4.78 is 37.0. The molecule has 1 aromatic carbocycles. The Morgan fingerprint density at radius 3 is 2.38 bits per heavy atom. The molecule has 0 atom stereocenters. The van der Waals surface area contributed by atoms with Crippen LogP contribution < -0.4 is 0 Å². The van der Waals surface area contributed by atoms with E-state index in [0.29, 0.717) is 0 Å². The summed E-state index contributed by atoms with van der Waals surface area (Å²) in [7, 11) is 0. The molecule has 0 saturated heterocycles. The number of benzene rings is 1. The van der Waals surface area contributed by atoms with Gasteiger partial charge in [0.05, 0.1) is 5.56 Å². The minimum absolute atomic E-state index is 0.0788. The monoisotopic (exact) mass is 296 g/mol. The lowest BCUT2D eigenvalue weighted by molar-refractivity contribution is -0.138. The number of hydrogen-bond acceptors (Lipinski definition) is 0. The minimum Gasteiger partial charge on any atom is -0.166 e. The maximum Gasteiger partial charge on any atom is 0.417 e. The summed E-state index contributed by atoms with van der Waals surface area (Å²) in [5, 5.41) is 0. The Morgan fingerprint density at radius 1 is 1.31 bits per heavy atom. The molecule has 0 nitrogen and oxygen atoms in total. The molecule has 0 aromatic heterocycles. The number of rotatable bonds is 0. The van der Waals surface area contributed by atoms with E-state index in [9.17, 15) is 13.2 Å². The van der Waals surface area contributed by atoms with Crippen LogP contribution in [0.3, 0.4) is 0 Å². The number of terminal acetylenes is 1. The number of halogens is 4. The molecule has 0 radical (unpaired) electrons. The summed E-state index contributed by atoms with van der Waals surface area (Å²) in [6, 6.07) is 3.81. The Hall–Kier alpha value is -0.700. The van der Waals surface area contributed by atoms with Gasteiger partial charge in [0.1, 0.15) is 0 Å². The molecular formula is C9H4F3I. The highest BCUT2D eigenvalue weighted by atomic mass is 127. The molecule has 0 aliphatic carbocycles. The van der Waals surface area contributed by atoms with Gasteiger partial charge in [-0.1, -0.05) is 12.0 Å². The predicted molar refractivity (Wildman–Crippen MR) is 52.1 cm³/mol. The molecule has 0 saturated carbocycles. The van der Waals surface area contributed by atoms with Crippen LogP contribution in [0.5, 0.6) is 0 Å². The van der Waals surface area contributed by atoms with E-state index < -0.39 is 11.7 Å². The summed E-state index contributed by atoms with van der Waals surface area (Å²) in [6.45, 7) is 0. The van der Waals surface area contributed by atoms with E-state index in [-0.39, 0.29) is 9.13 Å². The quantitative estimate of drug-likeness (QED) is 0.509. The van der Waals surface area contributed by atoms with Gasteiger partial charge in [-0.25, -0.2) is 0 Å². The summed E-state index contributed by atoms with van der Waals surface area (Å²) in [5.74, 6) is 2.20. The normalized spacial score (nSPS) is 11.0. The second kappa shape index (κ2) is 3.58. The molecule has 4 heteroatoms. The first-order chi connectivity index (χ1) is 5.96. The molecule has 0 aliphatic rings. The summed E-state index contributed by atoms with van der Waals surface area (Å²) in [4.78, 5) is 0. The van der Waals surface area contributed by atoms with Crippen LogP contribution in [-0.2, 0) is 6.18 Å². The zero-order chi connectivity index (χ0) is 10.1. The van der Waals surface area contributed by atoms with Crippen LogP contribution in [0.2, 0.25) is 0 Å². The van der Waals surface area contributed by atoms with Crippen LogP contribution in [0.4, 0.5) is 13.2 Å². The van der Waals surface area contributed by atoms with E-state index in [2.05, 4.69) is 5.92 Å². The Labute approximate surface area is 87.3 Å². The largest absolute Gasteiger partial charge is 0.417 e. The fourth-order valence-electron chi connectivity index (χ4n) is 0.862. The molecule has 0 fully saturated rings. The molecule has 0 aliphatic heterocycles. The molecule has 0 spiro atoms. The topological polar surface area (TPSA) is 0 Å².